The summed E-state index contributed by atoms with van der Waals surface area (Å²) < 4.78 is 5.75. The fraction of sp³-hybridized carbons (Fsp3) is 0.385. The third kappa shape index (κ3) is 4.28. The monoisotopic (exact) mass is 417 g/mol. The molecule has 0 aliphatic carbocycles. The molecule has 0 bridgehead atoms. The first-order valence-corrected chi connectivity index (χ1v) is 11.0. The van der Waals surface area contributed by atoms with Crippen molar-refractivity contribution in [3.63, 3.8) is 0 Å². The number of nitrogens with zero attached hydrogens (tertiary/aromatic N) is 1. The van der Waals surface area contributed by atoms with Crippen LogP contribution in [0.25, 0.3) is 5.57 Å². The van der Waals surface area contributed by atoms with E-state index in [0.29, 0.717) is 13.1 Å². The zero-order chi connectivity index (χ0) is 22.0. The minimum Gasteiger partial charge on any atom is -0.393 e. The molecule has 2 N–H and O–H groups in total. The van der Waals surface area contributed by atoms with Crippen molar-refractivity contribution in [3.8, 4) is 0 Å². The molecule has 5 heteroatoms. The Labute approximate surface area is 184 Å². The predicted octanol–water partition coefficient (Wildman–Crippen LogP) is 4.24. The van der Waals surface area contributed by atoms with Crippen LogP contribution in [0.4, 0.5) is 0 Å². The van der Waals surface area contributed by atoms with E-state index >= 15 is 0 Å². The molecule has 4 rings (SSSR count). The molecule has 1 unspecified atom stereocenters. The summed E-state index contributed by atoms with van der Waals surface area (Å²) in [5.41, 5.74) is 8.78. The quantitative estimate of drug-likeness (QED) is 0.663. The van der Waals surface area contributed by atoms with Gasteiger partial charge in [0.1, 0.15) is 0 Å². The Morgan fingerprint density at radius 3 is 2.68 bits per heavy atom. The second-order valence-electron chi connectivity index (χ2n) is 8.54. The molecule has 1 saturated heterocycles. The van der Waals surface area contributed by atoms with Gasteiger partial charge in [0.2, 0.25) is 0 Å². The van der Waals surface area contributed by atoms with Gasteiger partial charge in [-0.2, -0.15) is 0 Å². The lowest BCUT2D eigenvalue weighted by Gasteiger charge is -2.19. The van der Waals surface area contributed by atoms with E-state index in [1.165, 1.54) is 34.0 Å². The number of allylic oxidation sites excluding steroid dienone is 1. The second-order valence-corrected chi connectivity index (χ2v) is 8.54. The summed E-state index contributed by atoms with van der Waals surface area (Å²) in [5, 5.41) is 10.6. The van der Waals surface area contributed by atoms with Crippen LogP contribution in [0.1, 0.15) is 56.6 Å². The zero-order valence-electron chi connectivity index (χ0n) is 18.6. The van der Waals surface area contributed by atoms with Crippen molar-refractivity contribution in [3.05, 3.63) is 75.5 Å². The number of rotatable bonds is 7. The van der Waals surface area contributed by atoms with Crippen molar-refractivity contribution < 1.29 is 9.53 Å². The summed E-state index contributed by atoms with van der Waals surface area (Å²) in [4.78, 5) is 15.1. The molecule has 31 heavy (non-hydrogen) atoms. The van der Waals surface area contributed by atoms with E-state index in [9.17, 15) is 4.79 Å². The average Bonchev–Trinajstić information content (AvgIpc) is 3.40. The fourth-order valence-electron chi connectivity index (χ4n) is 4.63. The Morgan fingerprint density at radius 1 is 1.26 bits per heavy atom. The molecule has 2 aliphatic rings. The minimum absolute atomic E-state index is 0.137. The Bertz CT molecular complexity index is 1020. The lowest BCUT2D eigenvalue weighted by atomic mass is 9.91. The number of hydrogen-bond acceptors (Lipinski definition) is 4. The van der Waals surface area contributed by atoms with Gasteiger partial charge in [0.15, 0.2) is 0 Å². The lowest BCUT2D eigenvalue weighted by Crippen LogP contribution is -2.32. The van der Waals surface area contributed by atoms with Gasteiger partial charge in [0.25, 0.3) is 5.91 Å². The molecule has 2 aliphatic heterocycles. The van der Waals surface area contributed by atoms with Crippen molar-refractivity contribution >= 4 is 17.7 Å². The van der Waals surface area contributed by atoms with Gasteiger partial charge in [0, 0.05) is 50.3 Å². The molecule has 2 aromatic carbocycles. The molecule has 1 atom stereocenters. The van der Waals surface area contributed by atoms with Gasteiger partial charge < -0.3 is 20.4 Å². The van der Waals surface area contributed by atoms with Crippen LogP contribution in [0.15, 0.2) is 36.5 Å². The van der Waals surface area contributed by atoms with Gasteiger partial charge in [-0.25, -0.2) is 0 Å². The minimum atomic E-state index is 0.137. The van der Waals surface area contributed by atoms with Gasteiger partial charge in [-0.3, -0.25) is 4.79 Å². The number of hydrogen-bond donors (Lipinski definition) is 2. The molecular formula is C26H31N3O2. The molecule has 0 spiro atoms. The van der Waals surface area contributed by atoms with Crippen LogP contribution in [0.5, 0.6) is 0 Å². The summed E-state index contributed by atoms with van der Waals surface area (Å²) >= 11 is 0. The maximum absolute atomic E-state index is 13.1. The molecule has 5 nitrogen and oxygen atoms in total. The largest absolute Gasteiger partial charge is 0.393 e. The smallest absolute Gasteiger partial charge is 0.254 e. The van der Waals surface area contributed by atoms with E-state index in [1.807, 2.05) is 30.3 Å². The van der Waals surface area contributed by atoms with Crippen LogP contribution in [-0.2, 0) is 17.7 Å². The maximum Gasteiger partial charge on any atom is 0.254 e. The first-order valence-electron chi connectivity index (χ1n) is 11.0. The van der Waals surface area contributed by atoms with Crippen molar-refractivity contribution in [1.29, 1.82) is 5.41 Å². The van der Waals surface area contributed by atoms with Gasteiger partial charge >= 0.3 is 0 Å². The molecule has 0 radical (unpaired) electrons. The third-order valence-corrected chi connectivity index (χ3v) is 6.59. The van der Waals surface area contributed by atoms with E-state index in [4.69, 9.17) is 10.1 Å². The molecule has 1 fully saturated rings. The molecule has 0 saturated carbocycles. The molecular weight excluding hydrogens is 386 g/mol. The highest BCUT2D eigenvalue weighted by Gasteiger charge is 2.32. The zero-order valence-corrected chi connectivity index (χ0v) is 18.6. The number of carbonyl (C=O) groups excluding carboxylic acids is 1. The number of benzene rings is 2. The van der Waals surface area contributed by atoms with Crippen LogP contribution in [0.2, 0.25) is 0 Å². The van der Waals surface area contributed by atoms with E-state index in [0.717, 1.165) is 42.6 Å². The van der Waals surface area contributed by atoms with Gasteiger partial charge in [-0.05, 0) is 72.6 Å². The summed E-state index contributed by atoms with van der Waals surface area (Å²) in [6.45, 7) is 6.50. The number of fused-ring (bicyclic) bond motifs is 1. The average molecular weight is 418 g/mol. The fourth-order valence-corrected chi connectivity index (χ4v) is 4.63. The van der Waals surface area contributed by atoms with Crippen molar-refractivity contribution in [1.82, 2.24) is 10.2 Å². The molecule has 2 aromatic rings. The van der Waals surface area contributed by atoms with E-state index in [-0.39, 0.29) is 12.0 Å². The van der Waals surface area contributed by atoms with Crippen LogP contribution >= 0.6 is 0 Å². The first-order chi connectivity index (χ1) is 15.0. The number of ether oxygens (including phenoxy) is 1. The Balaban J connectivity index is 1.55. The highest BCUT2D eigenvalue weighted by Crippen LogP contribution is 2.32. The van der Waals surface area contributed by atoms with Crippen LogP contribution in [0.3, 0.4) is 0 Å². The summed E-state index contributed by atoms with van der Waals surface area (Å²) in [6, 6.07) is 10.4. The van der Waals surface area contributed by atoms with Crippen LogP contribution in [0, 0.1) is 19.3 Å². The molecule has 1 amide bonds. The predicted molar refractivity (Wildman–Crippen MR) is 125 cm³/mol. The second kappa shape index (κ2) is 9.06. The summed E-state index contributed by atoms with van der Waals surface area (Å²) in [5.74, 6) is 0.137. The van der Waals surface area contributed by atoms with Gasteiger partial charge in [0.05, 0.1) is 6.10 Å². The van der Waals surface area contributed by atoms with E-state index < -0.39 is 0 Å². The topological polar surface area (TPSA) is 65.4 Å². The van der Waals surface area contributed by atoms with Crippen molar-refractivity contribution in [2.75, 3.05) is 20.2 Å². The van der Waals surface area contributed by atoms with Crippen molar-refractivity contribution in [2.24, 2.45) is 0 Å². The van der Waals surface area contributed by atoms with Crippen LogP contribution < -0.4 is 5.32 Å². The lowest BCUT2D eigenvalue weighted by molar-refractivity contribution is 0.0545. The molecule has 0 aromatic heterocycles. The number of amides is 1. The summed E-state index contributed by atoms with van der Waals surface area (Å²) in [6.07, 6.45) is 6.28. The summed E-state index contributed by atoms with van der Waals surface area (Å²) in [7, 11) is 1.83. The van der Waals surface area contributed by atoms with Crippen molar-refractivity contribution in [2.45, 2.75) is 45.8 Å². The first kappa shape index (κ1) is 21.3. The Morgan fingerprint density at radius 2 is 2.03 bits per heavy atom. The van der Waals surface area contributed by atoms with Gasteiger partial charge in [-0.1, -0.05) is 24.3 Å². The third-order valence-electron chi connectivity index (χ3n) is 6.59. The van der Waals surface area contributed by atoms with Gasteiger partial charge in [-0.15, -0.1) is 0 Å². The number of nitrogens with one attached hydrogen (secondary N) is 2. The molecule has 2 heterocycles. The highest BCUT2D eigenvalue weighted by molar-refractivity contribution is 6.08. The van der Waals surface area contributed by atoms with E-state index in [2.05, 4.69) is 37.4 Å². The standard InChI is InChI=1S/C26H31N3O2/c1-17-18(2)25-16-29(15-23-5-4-10-31-23)26(30)24(25)12-21(17)11-19-6-8-20(9-7-19)22(13-27)14-28-3/h6-9,12-14,23,27-28H,4-5,10-11,15-16H2,1-3H3/b22-14+,27-13?. The maximum atomic E-state index is 13.1. The normalized spacial score (nSPS) is 18.4. The van der Waals surface area contributed by atoms with E-state index in [1.54, 1.807) is 0 Å². The van der Waals surface area contributed by atoms with Crippen LogP contribution in [-0.4, -0.2) is 43.3 Å². The Hall–Kier alpha value is -2.92. The number of carbonyl (C=O) groups is 1. The SMILES string of the molecule is CN/C=C(\C=N)c1ccc(Cc2cc3c(c(C)c2C)CN(CC2CCCO2)C3=O)cc1. The molecule has 162 valence electrons. The Kier molecular flexibility index (Phi) is 6.23. The highest BCUT2D eigenvalue weighted by atomic mass is 16.5.